The standard InChI is InChI=1S/C20H25N3O6S/c1-5-23(6-2)30(26,27)16-9-7-8-14(12-16)19(24)21-22-20(25)17-11-10-15(28-3)13-18(17)29-4/h7-13H,5-6H2,1-4H3,(H,21,24)(H,22,25). The molecule has 0 fully saturated rings. The number of ether oxygens (including phenoxy) is 2. The molecule has 0 saturated carbocycles. The van der Waals surface area contributed by atoms with Crippen molar-refractivity contribution in [2.24, 2.45) is 0 Å². The van der Waals surface area contributed by atoms with Crippen LogP contribution in [-0.4, -0.2) is 51.8 Å². The molecule has 30 heavy (non-hydrogen) atoms. The molecule has 2 amide bonds. The molecule has 0 radical (unpaired) electrons. The van der Waals surface area contributed by atoms with Gasteiger partial charge in [0.15, 0.2) is 0 Å². The van der Waals surface area contributed by atoms with E-state index >= 15 is 0 Å². The van der Waals surface area contributed by atoms with E-state index in [1.807, 2.05) is 0 Å². The molecule has 0 aliphatic rings. The molecule has 0 saturated heterocycles. The number of benzene rings is 2. The average molecular weight is 436 g/mol. The predicted octanol–water partition coefficient (Wildman–Crippen LogP) is 1.81. The fourth-order valence-corrected chi connectivity index (χ4v) is 4.25. The summed E-state index contributed by atoms with van der Waals surface area (Å²) in [5.74, 6) is -0.478. The van der Waals surface area contributed by atoms with E-state index in [1.165, 1.54) is 54.9 Å². The maximum atomic E-state index is 12.6. The van der Waals surface area contributed by atoms with Crippen LogP contribution in [0, 0.1) is 0 Å². The average Bonchev–Trinajstić information content (AvgIpc) is 2.77. The minimum atomic E-state index is -3.71. The highest BCUT2D eigenvalue weighted by Crippen LogP contribution is 2.24. The van der Waals surface area contributed by atoms with E-state index < -0.39 is 21.8 Å². The molecular weight excluding hydrogens is 410 g/mol. The fraction of sp³-hybridized carbons (Fsp3) is 0.300. The van der Waals surface area contributed by atoms with Crippen molar-refractivity contribution in [3.63, 3.8) is 0 Å². The number of hydrogen-bond acceptors (Lipinski definition) is 6. The Balaban J connectivity index is 2.15. The molecule has 0 aliphatic heterocycles. The Morgan fingerprint density at radius 3 is 2.20 bits per heavy atom. The van der Waals surface area contributed by atoms with Crippen LogP contribution in [-0.2, 0) is 10.0 Å². The highest BCUT2D eigenvalue weighted by molar-refractivity contribution is 7.89. The molecule has 2 aromatic carbocycles. The Morgan fingerprint density at radius 2 is 1.60 bits per heavy atom. The highest BCUT2D eigenvalue weighted by Gasteiger charge is 2.23. The van der Waals surface area contributed by atoms with Crippen LogP contribution in [0.4, 0.5) is 0 Å². The lowest BCUT2D eigenvalue weighted by Crippen LogP contribution is -2.41. The molecule has 10 heteroatoms. The van der Waals surface area contributed by atoms with Crippen molar-refractivity contribution >= 4 is 21.8 Å². The second kappa shape index (κ2) is 10.1. The summed E-state index contributed by atoms with van der Waals surface area (Å²) in [6.45, 7) is 4.10. The van der Waals surface area contributed by atoms with E-state index in [9.17, 15) is 18.0 Å². The molecule has 2 N–H and O–H groups in total. The van der Waals surface area contributed by atoms with Crippen molar-refractivity contribution in [1.29, 1.82) is 0 Å². The van der Waals surface area contributed by atoms with Gasteiger partial charge in [-0.25, -0.2) is 8.42 Å². The molecular formula is C20H25N3O6S. The fourth-order valence-electron chi connectivity index (χ4n) is 2.75. The lowest BCUT2D eigenvalue weighted by Gasteiger charge is -2.18. The SMILES string of the molecule is CCN(CC)S(=O)(=O)c1cccc(C(=O)NNC(=O)c2ccc(OC)cc2OC)c1. The smallest absolute Gasteiger partial charge is 0.273 e. The highest BCUT2D eigenvalue weighted by atomic mass is 32.2. The van der Waals surface area contributed by atoms with Crippen molar-refractivity contribution in [3.8, 4) is 11.5 Å². The number of carbonyl (C=O) groups excluding carboxylic acids is 2. The number of hydrazine groups is 1. The zero-order chi connectivity index (χ0) is 22.3. The van der Waals surface area contributed by atoms with Crippen LogP contribution < -0.4 is 20.3 Å². The van der Waals surface area contributed by atoms with Crippen LogP contribution in [0.3, 0.4) is 0 Å². The van der Waals surface area contributed by atoms with Gasteiger partial charge in [-0.15, -0.1) is 0 Å². The molecule has 162 valence electrons. The predicted molar refractivity (Wildman–Crippen MR) is 111 cm³/mol. The molecule has 0 aromatic heterocycles. The summed E-state index contributed by atoms with van der Waals surface area (Å²) >= 11 is 0. The summed E-state index contributed by atoms with van der Waals surface area (Å²) in [5, 5.41) is 0. The lowest BCUT2D eigenvalue weighted by molar-refractivity contribution is 0.0844. The Labute approximate surface area is 176 Å². The number of carbonyl (C=O) groups is 2. The summed E-state index contributed by atoms with van der Waals surface area (Å²) in [6, 6.07) is 10.2. The Hall–Kier alpha value is -3.11. The maximum Gasteiger partial charge on any atom is 0.273 e. The van der Waals surface area contributed by atoms with Crippen LogP contribution in [0.2, 0.25) is 0 Å². The molecule has 9 nitrogen and oxygen atoms in total. The Kier molecular flexibility index (Phi) is 7.79. The molecule has 2 rings (SSSR count). The number of nitrogens with zero attached hydrogens (tertiary/aromatic N) is 1. The minimum Gasteiger partial charge on any atom is -0.497 e. The third kappa shape index (κ3) is 5.08. The summed E-state index contributed by atoms with van der Waals surface area (Å²) in [6.07, 6.45) is 0. The number of rotatable bonds is 8. The van der Waals surface area contributed by atoms with Gasteiger partial charge in [-0.05, 0) is 30.3 Å². The topological polar surface area (TPSA) is 114 Å². The van der Waals surface area contributed by atoms with E-state index in [-0.39, 0.29) is 21.8 Å². The summed E-state index contributed by atoms with van der Waals surface area (Å²) in [7, 11) is -0.811. The molecule has 0 aliphatic carbocycles. The van der Waals surface area contributed by atoms with Gasteiger partial charge in [0, 0.05) is 24.7 Å². The molecule has 0 bridgehead atoms. The normalized spacial score (nSPS) is 11.1. The van der Waals surface area contributed by atoms with Gasteiger partial charge in [0.1, 0.15) is 11.5 Å². The van der Waals surface area contributed by atoms with Gasteiger partial charge >= 0.3 is 0 Å². The quantitative estimate of drug-likeness (QED) is 0.612. The number of methoxy groups -OCH3 is 2. The van der Waals surface area contributed by atoms with Gasteiger partial charge < -0.3 is 9.47 Å². The first-order valence-corrected chi connectivity index (χ1v) is 10.6. The molecule has 0 unspecified atom stereocenters. The third-order valence-electron chi connectivity index (χ3n) is 4.38. The number of sulfonamides is 1. The summed E-state index contributed by atoms with van der Waals surface area (Å²) in [5.41, 5.74) is 4.85. The van der Waals surface area contributed by atoms with Crippen molar-refractivity contribution in [3.05, 3.63) is 53.6 Å². The first kappa shape index (κ1) is 23.2. The summed E-state index contributed by atoms with van der Waals surface area (Å²) in [4.78, 5) is 24.8. The largest absolute Gasteiger partial charge is 0.497 e. The van der Waals surface area contributed by atoms with Gasteiger partial charge in [0.05, 0.1) is 24.7 Å². The first-order chi connectivity index (χ1) is 14.3. The Bertz CT molecular complexity index is 1020. The first-order valence-electron chi connectivity index (χ1n) is 9.21. The van der Waals surface area contributed by atoms with Crippen LogP contribution in [0.25, 0.3) is 0 Å². The van der Waals surface area contributed by atoms with E-state index in [0.717, 1.165) is 0 Å². The van der Waals surface area contributed by atoms with Crippen molar-refractivity contribution in [1.82, 2.24) is 15.2 Å². The van der Waals surface area contributed by atoms with Gasteiger partial charge in [0.2, 0.25) is 10.0 Å². The van der Waals surface area contributed by atoms with Gasteiger partial charge in [0.25, 0.3) is 11.8 Å². The molecule has 0 heterocycles. The number of amides is 2. The maximum absolute atomic E-state index is 12.6. The van der Waals surface area contributed by atoms with E-state index in [0.29, 0.717) is 18.8 Å². The van der Waals surface area contributed by atoms with E-state index in [1.54, 1.807) is 19.9 Å². The number of nitrogens with one attached hydrogen (secondary N) is 2. The van der Waals surface area contributed by atoms with Crippen molar-refractivity contribution in [2.45, 2.75) is 18.7 Å². The van der Waals surface area contributed by atoms with Gasteiger partial charge in [-0.1, -0.05) is 19.9 Å². The molecule has 2 aromatic rings. The monoisotopic (exact) mass is 435 g/mol. The zero-order valence-electron chi connectivity index (χ0n) is 17.3. The third-order valence-corrected chi connectivity index (χ3v) is 6.43. The second-order valence-electron chi connectivity index (χ2n) is 6.09. The van der Waals surface area contributed by atoms with Gasteiger partial charge in [-0.3, -0.25) is 20.4 Å². The number of hydrogen-bond donors (Lipinski definition) is 2. The van der Waals surface area contributed by atoms with Crippen molar-refractivity contribution in [2.75, 3.05) is 27.3 Å². The van der Waals surface area contributed by atoms with Gasteiger partial charge in [-0.2, -0.15) is 4.31 Å². The molecule has 0 spiro atoms. The van der Waals surface area contributed by atoms with E-state index in [4.69, 9.17) is 9.47 Å². The van der Waals surface area contributed by atoms with E-state index in [2.05, 4.69) is 10.9 Å². The van der Waals surface area contributed by atoms with Crippen LogP contribution >= 0.6 is 0 Å². The minimum absolute atomic E-state index is 0.00185. The summed E-state index contributed by atoms with van der Waals surface area (Å²) < 4.78 is 36.8. The zero-order valence-corrected chi connectivity index (χ0v) is 18.1. The lowest BCUT2D eigenvalue weighted by atomic mass is 10.2. The Morgan fingerprint density at radius 1 is 0.933 bits per heavy atom. The van der Waals surface area contributed by atoms with Crippen LogP contribution in [0.15, 0.2) is 47.4 Å². The van der Waals surface area contributed by atoms with Crippen molar-refractivity contribution < 1.29 is 27.5 Å². The van der Waals surface area contributed by atoms with Crippen LogP contribution in [0.5, 0.6) is 11.5 Å². The molecule has 0 atom stereocenters. The second-order valence-corrected chi connectivity index (χ2v) is 8.03. The van der Waals surface area contributed by atoms with Crippen LogP contribution in [0.1, 0.15) is 34.6 Å².